The number of phenolic OH excluding ortho intramolecular Hbond substituents is 1. The first-order valence-corrected chi connectivity index (χ1v) is 9.07. The molecule has 24 heavy (non-hydrogen) atoms. The van der Waals surface area contributed by atoms with Crippen LogP contribution in [0.3, 0.4) is 0 Å². The molecule has 128 valence electrons. The van der Waals surface area contributed by atoms with Gasteiger partial charge in [-0.05, 0) is 41.1 Å². The van der Waals surface area contributed by atoms with Gasteiger partial charge in [0.1, 0.15) is 5.75 Å². The first-order valence-electron chi connectivity index (χ1n) is 8.19. The Morgan fingerprint density at radius 3 is 2.71 bits per heavy atom. The zero-order valence-electron chi connectivity index (χ0n) is 13.6. The number of aliphatic hydroxyl groups is 1. The van der Waals surface area contributed by atoms with Crippen LogP contribution in [0.5, 0.6) is 5.75 Å². The number of hydrogen-bond acceptors (Lipinski definition) is 5. The molecule has 1 aromatic heterocycles. The third-order valence-corrected chi connectivity index (χ3v) is 4.98. The van der Waals surface area contributed by atoms with Crippen LogP contribution in [-0.4, -0.2) is 47.5 Å². The van der Waals surface area contributed by atoms with E-state index >= 15 is 0 Å². The molecule has 0 saturated carbocycles. The summed E-state index contributed by atoms with van der Waals surface area (Å²) < 4.78 is 5.58. The zero-order chi connectivity index (χ0) is 16.8. The number of ether oxygens (including phenoxy) is 1. The van der Waals surface area contributed by atoms with Gasteiger partial charge in [-0.15, -0.1) is 11.3 Å². The lowest BCUT2D eigenvalue weighted by molar-refractivity contribution is 0.0123. The van der Waals surface area contributed by atoms with Crippen molar-refractivity contribution in [2.24, 2.45) is 0 Å². The summed E-state index contributed by atoms with van der Waals surface area (Å²) in [4.78, 5) is 3.42. The van der Waals surface area contributed by atoms with Crippen LogP contribution in [-0.2, 0) is 11.3 Å². The van der Waals surface area contributed by atoms with Crippen LogP contribution in [0.2, 0.25) is 0 Å². The first-order chi connectivity index (χ1) is 11.7. The molecule has 1 atom stereocenters. The van der Waals surface area contributed by atoms with Crippen molar-refractivity contribution in [2.75, 3.05) is 26.2 Å². The maximum Gasteiger partial charge on any atom is 0.115 e. The molecular formula is C19H23NO3S. The van der Waals surface area contributed by atoms with E-state index in [9.17, 15) is 10.2 Å². The first kappa shape index (κ1) is 17.2. The fraction of sp³-hybridized carbons (Fsp3) is 0.368. The average Bonchev–Trinajstić information content (AvgIpc) is 3.10. The molecule has 1 unspecified atom stereocenters. The largest absolute Gasteiger partial charge is 0.508 e. The van der Waals surface area contributed by atoms with Gasteiger partial charge in [0.25, 0.3) is 0 Å². The van der Waals surface area contributed by atoms with E-state index in [-0.39, 0.29) is 0 Å². The average molecular weight is 345 g/mol. The van der Waals surface area contributed by atoms with Crippen molar-refractivity contribution in [3.63, 3.8) is 0 Å². The van der Waals surface area contributed by atoms with Crippen molar-refractivity contribution in [2.45, 2.75) is 19.1 Å². The Morgan fingerprint density at radius 1 is 1.21 bits per heavy atom. The Kier molecular flexibility index (Phi) is 6.04. The van der Waals surface area contributed by atoms with Crippen LogP contribution in [0.1, 0.15) is 16.9 Å². The normalized spacial score (nSPS) is 16.8. The topological polar surface area (TPSA) is 52.9 Å². The van der Waals surface area contributed by atoms with E-state index in [1.807, 2.05) is 29.6 Å². The van der Waals surface area contributed by atoms with Gasteiger partial charge in [0.2, 0.25) is 0 Å². The van der Waals surface area contributed by atoms with Crippen molar-refractivity contribution < 1.29 is 14.9 Å². The number of hydrogen-bond donors (Lipinski definition) is 2. The number of aromatic hydroxyl groups is 1. The summed E-state index contributed by atoms with van der Waals surface area (Å²) in [5.41, 5.74) is 2.46. The van der Waals surface area contributed by atoms with E-state index in [4.69, 9.17) is 4.74 Å². The molecule has 1 aromatic carbocycles. The third-order valence-electron chi connectivity index (χ3n) is 4.13. The minimum atomic E-state index is -0.464. The molecule has 2 N–H and O–H groups in total. The Bertz CT molecular complexity index is 652. The van der Waals surface area contributed by atoms with E-state index < -0.39 is 6.10 Å². The maximum atomic E-state index is 10.1. The molecule has 0 saturated heterocycles. The molecule has 0 aliphatic carbocycles. The molecule has 0 spiro atoms. The van der Waals surface area contributed by atoms with Crippen molar-refractivity contribution in [1.29, 1.82) is 0 Å². The third kappa shape index (κ3) is 4.92. The highest BCUT2D eigenvalue weighted by Crippen LogP contribution is 2.24. The monoisotopic (exact) mass is 345 g/mol. The van der Waals surface area contributed by atoms with Crippen LogP contribution in [0.4, 0.5) is 0 Å². The molecule has 3 rings (SSSR count). The van der Waals surface area contributed by atoms with Gasteiger partial charge in [-0.2, -0.15) is 0 Å². The summed E-state index contributed by atoms with van der Waals surface area (Å²) in [5, 5.41) is 21.5. The molecule has 0 amide bonds. The molecule has 2 aromatic rings. The lowest BCUT2D eigenvalue weighted by Crippen LogP contribution is -2.37. The fourth-order valence-electron chi connectivity index (χ4n) is 2.86. The second kappa shape index (κ2) is 8.44. The van der Waals surface area contributed by atoms with Gasteiger partial charge in [-0.3, -0.25) is 4.90 Å². The molecule has 1 aliphatic heterocycles. The highest BCUT2D eigenvalue weighted by Gasteiger charge is 2.16. The molecule has 5 heteroatoms. The van der Waals surface area contributed by atoms with Gasteiger partial charge < -0.3 is 14.9 Å². The quantitative estimate of drug-likeness (QED) is 0.810. The highest BCUT2D eigenvalue weighted by molar-refractivity contribution is 7.09. The summed E-state index contributed by atoms with van der Waals surface area (Å²) in [7, 11) is 0. The van der Waals surface area contributed by atoms with Crippen molar-refractivity contribution >= 4 is 16.9 Å². The highest BCUT2D eigenvalue weighted by atomic mass is 32.1. The zero-order valence-corrected chi connectivity index (χ0v) is 14.4. The predicted molar refractivity (Wildman–Crippen MR) is 97.1 cm³/mol. The summed E-state index contributed by atoms with van der Waals surface area (Å²) in [5.74, 6) is 0.294. The number of thiophene rings is 1. The number of phenols is 1. The smallest absolute Gasteiger partial charge is 0.115 e. The fourth-order valence-corrected chi connectivity index (χ4v) is 3.50. The van der Waals surface area contributed by atoms with Gasteiger partial charge in [0.15, 0.2) is 0 Å². The minimum Gasteiger partial charge on any atom is -0.508 e. The standard InChI is InChI=1S/C19H23NO3S/c21-17-5-3-15(4-6-17)16-7-9-20(10-8-16)12-18(22)13-23-14-19-2-1-11-24-19/h1-7,11,18,21-22H,8-10,12-14H2. The van der Waals surface area contributed by atoms with Crippen LogP contribution >= 0.6 is 11.3 Å². The van der Waals surface area contributed by atoms with Crippen molar-refractivity contribution in [3.05, 3.63) is 58.3 Å². The van der Waals surface area contributed by atoms with Crippen LogP contribution in [0.15, 0.2) is 47.9 Å². The molecule has 4 nitrogen and oxygen atoms in total. The van der Waals surface area contributed by atoms with Crippen LogP contribution < -0.4 is 0 Å². The number of aliphatic hydroxyl groups excluding tert-OH is 1. The minimum absolute atomic E-state index is 0.294. The summed E-state index contributed by atoms with van der Waals surface area (Å²) >= 11 is 1.67. The summed E-state index contributed by atoms with van der Waals surface area (Å²) in [6, 6.07) is 11.4. The van der Waals surface area contributed by atoms with Gasteiger partial charge in [0, 0.05) is 24.5 Å². The van der Waals surface area contributed by atoms with Gasteiger partial charge in [-0.25, -0.2) is 0 Å². The second-order valence-electron chi connectivity index (χ2n) is 6.03. The second-order valence-corrected chi connectivity index (χ2v) is 7.07. The summed E-state index contributed by atoms with van der Waals surface area (Å²) in [6.07, 6.45) is 2.69. The Hall–Kier alpha value is -1.66. The summed E-state index contributed by atoms with van der Waals surface area (Å²) in [6.45, 7) is 3.32. The Labute approximate surface area is 146 Å². The van der Waals surface area contributed by atoms with Crippen LogP contribution in [0, 0.1) is 0 Å². The lowest BCUT2D eigenvalue weighted by atomic mass is 9.99. The van der Waals surface area contributed by atoms with Gasteiger partial charge >= 0.3 is 0 Å². The van der Waals surface area contributed by atoms with Crippen molar-refractivity contribution in [3.8, 4) is 5.75 Å². The number of β-amino-alcohol motifs (C(OH)–C–C–N with tert-alkyl or cyclic N) is 1. The Morgan fingerprint density at radius 2 is 2.04 bits per heavy atom. The molecular weight excluding hydrogens is 322 g/mol. The number of nitrogens with zero attached hydrogens (tertiary/aromatic N) is 1. The van der Waals surface area contributed by atoms with E-state index in [0.29, 0.717) is 25.5 Å². The number of rotatable bonds is 7. The Balaban J connectivity index is 1.41. The lowest BCUT2D eigenvalue weighted by Gasteiger charge is -2.28. The van der Waals surface area contributed by atoms with Gasteiger partial charge in [-0.1, -0.05) is 24.3 Å². The molecule has 1 aliphatic rings. The van der Waals surface area contributed by atoms with Gasteiger partial charge in [0.05, 0.1) is 19.3 Å². The molecule has 0 bridgehead atoms. The van der Waals surface area contributed by atoms with Crippen molar-refractivity contribution in [1.82, 2.24) is 4.90 Å². The SMILES string of the molecule is Oc1ccc(C2=CCN(CC(O)COCc3cccs3)CC2)cc1. The molecule has 0 radical (unpaired) electrons. The predicted octanol–water partition coefficient (Wildman–Crippen LogP) is 3.12. The maximum absolute atomic E-state index is 10.1. The van der Waals surface area contributed by atoms with E-state index in [1.165, 1.54) is 10.5 Å². The van der Waals surface area contributed by atoms with E-state index in [2.05, 4.69) is 11.0 Å². The molecule has 0 fully saturated rings. The number of benzene rings is 1. The van der Waals surface area contributed by atoms with E-state index in [0.717, 1.165) is 25.1 Å². The van der Waals surface area contributed by atoms with Crippen LogP contribution in [0.25, 0.3) is 5.57 Å². The van der Waals surface area contributed by atoms with E-state index in [1.54, 1.807) is 23.5 Å². The molecule has 2 heterocycles.